The maximum atomic E-state index is 13.2. The molecule has 1 aromatic heterocycles. The third kappa shape index (κ3) is 3.58. The first-order valence-electron chi connectivity index (χ1n) is 6.60. The first-order chi connectivity index (χ1) is 9.88. The Hall–Kier alpha value is -1.95. The average molecular weight is 309 g/mol. The van der Waals surface area contributed by atoms with E-state index in [0.29, 0.717) is 10.3 Å². The maximum Gasteiger partial charge on any atom is 0.305 e. The van der Waals surface area contributed by atoms with Crippen molar-refractivity contribution in [2.75, 3.05) is 6.54 Å². The maximum absolute atomic E-state index is 13.2. The number of thiophene rings is 1. The molecule has 6 heteroatoms. The van der Waals surface area contributed by atoms with Gasteiger partial charge < -0.3 is 10.0 Å². The lowest BCUT2D eigenvalue weighted by atomic mass is 10.2. The number of benzene rings is 1. The van der Waals surface area contributed by atoms with Crippen molar-refractivity contribution < 1.29 is 19.1 Å². The summed E-state index contributed by atoms with van der Waals surface area (Å²) in [6, 6.07) is 5.95. The molecule has 0 unspecified atom stereocenters. The molecule has 21 heavy (non-hydrogen) atoms. The molecule has 0 radical (unpaired) electrons. The van der Waals surface area contributed by atoms with E-state index in [2.05, 4.69) is 0 Å². The third-order valence-corrected chi connectivity index (χ3v) is 4.24. The van der Waals surface area contributed by atoms with Crippen LogP contribution in [0.15, 0.2) is 24.3 Å². The molecule has 1 amide bonds. The van der Waals surface area contributed by atoms with Crippen LogP contribution in [0.3, 0.4) is 0 Å². The molecule has 2 rings (SSSR count). The molecule has 1 aromatic carbocycles. The number of nitrogens with zero attached hydrogens (tertiary/aromatic N) is 1. The summed E-state index contributed by atoms with van der Waals surface area (Å²) in [6.07, 6.45) is -0.0938. The zero-order valence-corrected chi connectivity index (χ0v) is 12.6. The fourth-order valence-corrected chi connectivity index (χ4v) is 3.07. The smallest absolute Gasteiger partial charge is 0.305 e. The minimum atomic E-state index is -0.938. The molecule has 0 bridgehead atoms. The molecule has 0 saturated carbocycles. The number of carboxylic acid groups (broad SMARTS) is 1. The van der Waals surface area contributed by atoms with Gasteiger partial charge in [0.05, 0.1) is 11.3 Å². The molecule has 1 N–H and O–H groups in total. The minimum absolute atomic E-state index is 0.0938. The van der Waals surface area contributed by atoms with Gasteiger partial charge in [-0.2, -0.15) is 0 Å². The van der Waals surface area contributed by atoms with Crippen LogP contribution in [0, 0.1) is 5.82 Å². The van der Waals surface area contributed by atoms with E-state index in [1.165, 1.54) is 28.4 Å². The second-order valence-corrected chi connectivity index (χ2v) is 6.11. The molecule has 4 nitrogen and oxygen atoms in total. The second kappa shape index (κ2) is 6.22. The van der Waals surface area contributed by atoms with Crippen molar-refractivity contribution in [3.63, 3.8) is 0 Å². The van der Waals surface area contributed by atoms with Crippen LogP contribution in [0.25, 0.3) is 10.1 Å². The number of carbonyl (C=O) groups is 2. The van der Waals surface area contributed by atoms with Crippen LogP contribution in [0.1, 0.15) is 29.9 Å². The van der Waals surface area contributed by atoms with Gasteiger partial charge in [0, 0.05) is 17.3 Å². The van der Waals surface area contributed by atoms with E-state index >= 15 is 0 Å². The number of fused-ring (bicyclic) bond motifs is 1. The van der Waals surface area contributed by atoms with Crippen molar-refractivity contribution in [1.29, 1.82) is 0 Å². The number of carboxylic acids is 1. The fraction of sp³-hybridized carbons (Fsp3) is 0.333. The Balaban J connectivity index is 2.27. The van der Waals surface area contributed by atoms with Crippen LogP contribution in [0.5, 0.6) is 0 Å². The van der Waals surface area contributed by atoms with Gasteiger partial charge in [0.1, 0.15) is 5.82 Å². The van der Waals surface area contributed by atoms with Gasteiger partial charge in [-0.05, 0) is 43.5 Å². The third-order valence-electron chi connectivity index (χ3n) is 3.14. The molecule has 0 aliphatic heterocycles. The highest BCUT2D eigenvalue weighted by Gasteiger charge is 2.21. The molecule has 1 heterocycles. The monoisotopic (exact) mass is 309 g/mol. The Kier molecular flexibility index (Phi) is 4.57. The van der Waals surface area contributed by atoms with Crippen LogP contribution in [0.2, 0.25) is 0 Å². The second-order valence-electron chi connectivity index (χ2n) is 5.03. The van der Waals surface area contributed by atoms with Crippen LogP contribution >= 0.6 is 11.3 Å². The van der Waals surface area contributed by atoms with E-state index < -0.39 is 5.97 Å². The molecule has 0 aliphatic rings. The van der Waals surface area contributed by atoms with E-state index in [0.717, 1.165) is 4.70 Å². The number of aliphatic carboxylic acids is 1. The standard InChI is InChI=1S/C15H16FNO3S/c1-9(2)17(6-5-14(18)19)15(20)13-8-10-7-11(16)3-4-12(10)21-13/h3-4,7-9H,5-6H2,1-2H3,(H,18,19). The molecular formula is C15H16FNO3S. The van der Waals surface area contributed by atoms with Crippen LogP contribution in [0.4, 0.5) is 4.39 Å². The van der Waals surface area contributed by atoms with Gasteiger partial charge in [0.2, 0.25) is 0 Å². The topological polar surface area (TPSA) is 57.6 Å². The van der Waals surface area contributed by atoms with Crippen molar-refractivity contribution in [2.45, 2.75) is 26.3 Å². The number of hydrogen-bond acceptors (Lipinski definition) is 3. The van der Waals surface area contributed by atoms with E-state index in [-0.39, 0.29) is 30.7 Å². The van der Waals surface area contributed by atoms with Crippen molar-refractivity contribution >= 4 is 33.3 Å². The SMILES string of the molecule is CC(C)N(CCC(=O)O)C(=O)c1cc2cc(F)ccc2s1. The first kappa shape index (κ1) is 15.4. The number of rotatable bonds is 5. The summed E-state index contributed by atoms with van der Waals surface area (Å²) in [5.41, 5.74) is 0. The molecule has 0 atom stereocenters. The molecule has 0 fully saturated rings. The van der Waals surface area contributed by atoms with Gasteiger partial charge in [-0.25, -0.2) is 4.39 Å². The van der Waals surface area contributed by atoms with Crippen molar-refractivity contribution in [3.05, 3.63) is 35.0 Å². The van der Waals surface area contributed by atoms with E-state index in [1.807, 2.05) is 13.8 Å². The van der Waals surface area contributed by atoms with Gasteiger partial charge in [-0.3, -0.25) is 9.59 Å². The number of halogens is 1. The van der Waals surface area contributed by atoms with Crippen molar-refractivity contribution in [1.82, 2.24) is 4.90 Å². The summed E-state index contributed by atoms with van der Waals surface area (Å²) >= 11 is 1.29. The van der Waals surface area contributed by atoms with Crippen LogP contribution in [-0.4, -0.2) is 34.5 Å². The lowest BCUT2D eigenvalue weighted by Gasteiger charge is -2.25. The molecular weight excluding hydrogens is 293 g/mol. The zero-order chi connectivity index (χ0) is 15.6. The lowest BCUT2D eigenvalue weighted by molar-refractivity contribution is -0.137. The molecule has 112 valence electrons. The Morgan fingerprint density at radius 3 is 2.67 bits per heavy atom. The van der Waals surface area contributed by atoms with Crippen molar-refractivity contribution in [2.24, 2.45) is 0 Å². The van der Waals surface area contributed by atoms with E-state index in [9.17, 15) is 14.0 Å². The summed E-state index contributed by atoms with van der Waals surface area (Å²) in [7, 11) is 0. The van der Waals surface area contributed by atoms with Crippen molar-refractivity contribution in [3.8, 4) is 0 Å². The summed E-state index contributed by atoms with van der Waals surface area (Å²) < 4.78 is 14.0. The lowest BCUT2D eigenvalue weighted by Crippen LogP contribution is -2.38. The average Bonchev–Trinajstić information content (AvgIpc) is 2.80. The van der Waals surface area contributed by atoms with E-state index in [4.69, 9.17) is 5.11 Å². The van der Waals surface area contributed by atoms with Crippen LogP contribution < -0.4 is 0 Å². The zero-order valence-electron chi connectivity index (χ0n) is 11.8. The summed E-state index contributed by atoms with van der Waals surface area (Å²) in [6.45, 7) is 3.84. The molecule has 2 aromatic rings. The van der Waals surface area contributed by atoms with Gasteiger partial charge in [-0.15, -0.1) is 11.3 Å². The Labute approximate surface area is 125 Å². The summed E-state index contributed by atoms with van der Waals surface area (Å²) in [5.74, 6) is -1.49. The number of carbonyl (C=O) groups excluding carboxylic acids is 1. The first-order valence-corrected chi connectivity index (χ1v) is 7.42. The fourth-order valence-electron chi connectivity index (χ4n) is 2.07. The summed E-state index contributed by atoms with van der Waals surface area (Å²) in [4.78, 5) is 25.2. The predicted octanol–water partition coefficient (Wildman–Crippen LogP) is 3.37. The van der Waals surface area contributed by atoms with Crippen LogP contribution in [-0.2, 0) is 4.79 Å². The summed E-state index contributed by atoms with van der Waals surface area (Å²) in [5, 5.41) is 9.45. The molecule has 0 saturated heterocycles. The Bertz CT molecular complexity index is 681. The van der Waals surface area contributed by atoms with Gasteiger partial charge >= 0.3 is 5.97 Å². The number of hydrogen-bond donors (Lipinski definition) is 1. The van der Waals surface area contributed by atoms with E-state index in [1.54, 1.807) is 12.1 Å². The highest BCUT2D eigenvalue weighted by molar-refractivity contribution is 7.20. The normalized spacial score (nSPS) is 11.0. The van der Waals surface area contributed by atoms with Gasteiger partial charge in [-0.1, -0.05) is 0 Å². The Morgan fingerprint density at radius 1 is 1.33 bits per heavy atom. The Morgan fingerprint density at radius 2 is 2.05 bits per heavy atom. The van der Waals surface area contributed by atoms with Gasteiger partial charge in [0.15, 0.2) is 0 Å². The molecule has 0 aliphatic carbocycles. The highest BCUT2D eigenvalue weighted by Crippen LogP contribution is 2.27. The molecule has 0 spiro atoms. The predicted molar refractivity (Wildman–Crippen MR) is 80.2 cm³/mol. The quantitative estimate of drug-likeness (QED) is 0.921. The number of amides is 1. The highest BCUT2D eigenvalue weighted by atomic mass is 32.1. The van der Waals surface area contributed by atoms with Gasteiger partial charge in [0.25, 0.3) is 5.91 Å². The largest absolute Gasteiger partial charge is 0.481 e. The minimum Gasteiger partial charge on any atom is -0.481 e.